The summed E-state index contributed by atoms with van der Waals surface area (Å²) in [5.74, 6) is 0.775. The molecule has 1 aliphatic rings. The van der Waals surface area contributed by atoms with Crippen LogP contribution in [-0.2, 0) is 27.8 Å². The van der Waals surface area contributed by atoms with Crippen molar-refractivity contribution in [1.29, 1.82) is 0 Å². The smallest absolute Gasteiger partial charge is 0.243 e. The standard InChI is InChI=1S/C21H32N4O4S/c1-5-24(6-2)30(28,29)16-8-9-18-17(14-16)22-19(25(18)7-3)10-11-20(26)23-13-12-21(4,27)15-23/h8-9,14,27H,5-7,10-13,15H2,1-4H3/t21-/m1/s1. The Morgan fingerprint density at radius 3 is 2.53 bits per heavy atom. The van der Waals surface area contributed by atoms with Gasteiger partial charge in [0.2, 0.25) is 15.9 Å². The molecule has 30 heavy (non-hydrogen) atoms. The van der Waals surface area contributed by atoms with Crippen molar-refractivity contribution >= 4 is 27.0 Å². The van der Waals surface area contributed by atoms with Crippen LogP contribution in [0.3, 0.4) is 0 Å². The first-order valence-electron chi connectivity index (χ1n) is 10.6. The minimum Gasteiger partial charge on any atom is -0.388 e. The monoisotopic (exact) mass is 436 g/mol. The van der Waals surface area contributed by atoms with Crippen LogP contribution in [0.1, 0.15) is 46.4 Å². The van der Waals surface area contributed by atoms with E-state index in [1.807, 2.05) is 25.3 Å². The Kier molecular flexibility index (Phi) is 6.54. The third-order valence-corrected chi connectivity index (χ3v) is 7.87. The van der Waals surface area contributed by atoms with Gasteiger partial charge in [0.15, 0.2) is 0 Å². The summed E-state index contributed by atoms with van der Waals surface area (Å²) in [5, 5.41) is 10.1. The van der Waals surface area contributed by atoms with E-state index < -0.39 is 15.6 Å². The Bertz CT molecular complexity index is 1030. The van der Waals surface area contributed by atoms with Gasteiger partial charge in [-0.3, -0.25) is 4.79 Å². The molecule has 0 unspecified atom stereocenters. The van der Waals surface area contributed by atoms with Crippen LogP contribution in [0.5, 0.6) is 0 Å². The Labute approximate surface area is 178 Å². The molecule has 166 valence electrons. The number of nitrogens with zero attached hydrogens (tertiary/aromatic N) is 4. The lowest BCUT2D eigenvalue weighted by Gasteiger charge is -2.19. The zero-order valence-corrected chi connectivity index (χ0v) is 19.1. The molecular weight excluding hydrogens is 404 g/mol. The van der Waals surface area contributed by atoms with E-state index in [1.54, 1.807) is 30.0 Å². The van der Waals surface area contributed by atoms with Crippen molar-refractivity contribution in [3.8, 4) is 0 Å². The number of aliphatic hydroxyl groups is 1. The fraction of sp³-hybridized carbons (Fsp3) is 0.619. The van der Waals surface area contributed by atoms with Crippen LogP contribution in [0, 0.1) is 0 Å². The van der Waals surface area contributed by atoms with Gasteiger partial charge in [0.05, 0.1) is 21.5 Å². The average molecular weight is 437 g/mol. The summed E-state index contributed by atoms with van der Waals surface area (Å²) in [5.41, 5.74) is 0.679. The molecule has 2 aromatic rings. The maximum atomic E-state index is 12.8. The van der Waals surface area contributed by atoms with E-state index in [0.29, 0.717) is 57.5 Å². The third kappa shape index (κ3) is 4.38. The van der Waals surface area contributed by atoms with Crippen molar-refractivity contribution in [2.75, 3.05) is 26.2 Å². The molecule has 1 amide bonds. The lowest BCUT2D eigenvalue weighted by molar-refractivity contribution is -0.131. The highest BCUT2D eigenvalue weighted by Crippen LogP contribution is 2.25. The van der Waals surface area contributed by atoms with Crippen molar-refractivity contribution in [2.45, 2.75) is 64.0 Å². The molecule has 1 fully saturated rings. The van der Waals surface area contributed by atoms with Crippen molar-refractivity contribution in [3.63, 3.8) is 0 Å². The lowest BCUT2D eigenvalue weighted by Crippen LogP contribution is -2.34. The van der Waals surface area contributed by atoms with E-state index in [0.717, 1.165) is 11.3 Å². The van der Waals surface area contributed by atoms with Crippen LogP contribution >= 0.6 is 0 Å². The Morgan fingerprint density at radius 1 is 1.27 bits per heavy atom. The van der Waals surface area contributed by atoms with Crippen LogP contribution in [0.25, 0.3) is 11.0 Å². The van der Waals surface area contributed by atoms with Gasteiger partial charge in [-0.15, -0.1) is 0 Å². The van der Waals surface area contributed by atoms with E-state index in [-0.39, 0.29) is 10.8 Å². The highest BCUT2D eigenvalue weighted by molar-refractivity contribution is 7.89. The number of carbonyl (C=O) groups excluding carboxylic acids is 1. The maximum absolute atomic E-state index is 12.8. The third-order valence-electron chi connectivity index (χ3n) is 5.83. The number of benzene rings is 1. The summed E-state index contributed by atoms with van der Waals surface area (Å²) >= 11 is 0. The summed E-state index contributed by atoms with van der Waals surface area (Å²) in [6, 6.07) is 5.05. The molecule has 0 saturated carbocycles. The number of β-amino-alcohol motifs (C(OH)–C–C–N with tert-alkyl or cyclic N) is 1. The molecule has 0 bridgehead atoms. The van der Waals surface area contributed by atoms with Gasteiger partial charge < -0.3 is 14.6 Å². The van der Waals surface area contributed by atoms with Gasteiger partial charge in [0, 0.05) is 45.6 Å². The second-order valence-electron chi connectivity index (χ2n) is 8.07. The van der Waals surface area contributed by atoms with Crippen molar-refractivity contribution in [2.24, 2.45) is 0 Å². The number of imidazole rings is 1. The molecule has 1 atom stereocenters. The molecule has 3 rings (SSSR count). The summed E-state index contributed by atoms with van der Waals surface area (Å²) < 4.78 is 29.1. The molecule has 0 radical (unpaired) electrons. The van der Waals surface area contributed by atoms with Crippen molar-refractivity contribution in [1.82, 2.24) is 18.8 Å². The van der Waals surface area contributed by atoms with E-state index in [1.165, 1.54) is 4.31 Å². The van der Waals surface area contributed by atoms with E-state index in [2.05, 4.69) is 4.98 Å². The van der Waals surface area contributed by atoms with Gasteiger partial charge in [-0.2, -0.15) is 4.31 Å². The summed E-state index contributed by atoms with van der Waals surface area (Å²) in [6.45, 7) is 9.84. The van der Waals surface area contributed by atoms with Crippen molar-refractivity contribution in [3.05, 3.63) is 24.0 Å². The Balaban J connectivity index is 1.83. The first-order valence-corrected chi connectivity index (χ1v) is 12.1. The van der Waals surface area contributed by atoms with Crippen LogP contribution in [0.4, 0.5) is 0 Å². The van der Waals surface area contributed by atoms with Crippen LogP contribution in [0.15, 0.2) is 23.1 Å². The molecule has 1 aliphatic heterocycles. The number of hydrogen-bond donors (Lipinski definition) is 1. The zero-order chi connectivity index (χ0) is 22.1. The predicted molar refractivity (Wildman–Crippen MR) is 116 cm³/mol. The highest BCUT2D eigenvalue weighted by Gasteiger charge is 2.33. The summed E-state index contributed by atoms with van der Waals surface area (Å²) in [6.07, 6.45) is 1.37. The van der Waals surface area contributed by atoms with Gasteiger partial charge in [-0.25, -0.2) is 13.4 Å². The molecule has 1 saturated heterocycles. The fourth-order valence-electron chi connectivity index (χ4n) is 4.11. The quantitative estimate of drug-likeness (QED) is 0.683. The van der Waals surface area contributed by atoms with E-state index >= 15 is 0 Å². The second-order valence-corrected chi connectivity index (χ2v) is 10.0. The van der Waals surface area contributed by atoms with Gasteiger partial charge in [0.25, 0.3) is 0 Å². The highest BCUT2D eigenvalue weighted by atomic mass is 32.2. The summed E-state index contributed by atoms with van der Waals surface area (Å²) in [7, 11) is -3.55. The van der Waals surface area contributed by atoms with Crippen LogP contribution in [-0.4, -0.2) is 70.0 Å². The van der Waals surface area contributed by atoms with Crippen molar-refractivity contribution < 1.29 is 18.3 Å². The molecule has 0 aliphatic carbocycles. The molecule has 8 nitrogen and oxygen atoms in total. The lowest BCUT2D eigenvalue weighted by atomic mass is 10.1. The number of aryl methyl sites for hydroxylation is 2. The number of rotatable bonds is 8. The minimum absolute atomic E-state index is 0.00674. The number of aromatic nitrogens is 2. The zero-order valence-electron chi connectivity index (χ0n) is 18.3. The van der Waals surface area contributed by atoms with E-state index in [4.69, 9.17) is 0 Å². The number of amides is 1. The molecule has 9 heteroatoms. The van der Waals surface area contributed by atoms with Gasteiger partial charge in [0.1, 0.15) is 5.82 Å². The molecule has 0 spiro atoms. The Morgan fingerprint density at radius 2 is 1.97 bits per heavy atom. The number of hydrogen-bond acceptors (Lipinski definition) is 5. The normalized spacial score (nSPS) is 19.9. The molecule has 1 aromatic heterocycles. The number of sulfonamides is 1. The van der Waals surface area contributed by atoms with E-state index in [9.17, 15) is 18.3 Å². The molecule has 2 heterocycles. The first kappa shape index (κ1) is 22.7. The average Bonchev–Trinajstić information content (AvgIpc) is 3.25. The number of likely N-dealkylation sites (tertiary alicyclic amines) is 1. The van der Waals surface area contributed by atoms with Crippen LogP contribution < -0.4 is 0 Å². The molecule has 1 N–H and O–H groups in total. The Hall–Kier alpha value is -1.97. The SMILES string of the molecule is CCN(CC)S(=O)(=O)c1ccc2c(c1)nc(CCC(=O)N1CC[C@@](C)(O)C1)n2CC. The van der Waals surface area contributed by atoms with Gasteiger partial charge in [-0.05, 0) is 38.5 Å². The first-order chi connectivity index (χ1) is 14.1. The summed E-state index contributed by atoms with van der Waals surface area (Å²) in [4.78, 5) is 19.1. The second kappa shape index (κ2) is 8.64. The number of fused-ring (bicyclic) bond motifs is 1. The largest absolute Gasteiger partial charge is 0.388 e. The molecular formula is C21H32N4O4S. The topological polar surface area (TPSA) is 95.7 Å². The fourth-order valence-corrected chi connectivity index (χ4v) is 5.59. The predicted octanol–water partition coefficient (Wildman–Crippen LogP) is 2.00. The maximum Gasteiger partial charge on any atom is 0.243 e. The van der Waals surface area contributed by atoms with Crippen LogP contribution in [0.2, 0.25) is 0 Å². The minimum atomic E-state index is -3.55. The molecule has 1 aromatic carbocycles. The number of carbonyl (C=O) groups is 1. The van der Waals surface area contributed by atoms with Gasteiger partial charge in [-0.1, -0.05) is 13.8 Å². The van der Waals surface area contributed by atoms with Gasteiger partial charge >= 0.3 is 0 Å².